The number of benzene rings is 2. The van der Waals surface area contributed by atoms with Crippen molar-refractivity contribution in [3.05, 3.63) is 65.0 Å². The van der Waals surface area contributed by atoms with Crippen molar-refractivity contribution in [1.82, 2.24) is 4.90 Å². The Labute approximate surface area is 185 Å². The molecule has 1 aliphatic rings. The first-order valence-electron chi connectivity index (χ1n) is 10.1. The van der Waals surface area contributed by atoms with Crippen LogP contribution in [0.1, 0.15) is 17.4 Å². The van der Waals surface area contributed by atoms with Crippen LogP contribution >= 0.6 is 11.3 Å². The Bertz CT molecular complexity index is 1050. The van der Waals surface area contributed by atoms with Crippen molar-refractivity contribution >= 4 is 40.2 Å². The van der Waals surface area contributed by atoms with Gasteiger partial charge in [-0.3, -0.25) is 15.0 Å². The normalized spacial score (nSPS) is 13.2. The van der Waals surface area contributed by atoms with Crippen LogP contribution in [0, 0.1) is 0 Å². The second kappa shape index (κ2) is 9.63. The van der Waals surface area contributed by atoms with Crippen LogP contribution in [0.15, 0.2) is 54.6 Å². The molecule has 31 heavy (non-hydrogen) atoms. The van der Waals surface area contributed by atoms with Gasteiger partial charge in [0.25, 0.3) is 0 Å². The van der Waals surface area contributed by atoms with E-state index in [1.54, 1.807) is 24.3 Å². The molecular weight excluding hydrogens is 412 g/mol. The molecule has 4 rings (SSSR count). The largest absolute Gasteiger partial charge is 0.457 e. The smallest absolute Gasteiger partial charge is 0.324 e. The van der Waals surface area contributed by atoms with Crippen molar-refractivity contribution < 1.29 is 14.3 Å². The molecule has 0 spiro atoms. The zero-order valence-electron chi connectivity index (χ0n) is 17.2. The fraction of sp³-hybridized carbons (Fsp3) is 0.217. The Kier molecular flexibility index (Phi) is 6.49. The van der Waals surface area contributed by atoms with Crippen LogP contribution < -0.4 is 20.7 Å². The molecule has 0 saturated heterocycles. The number of carbonyl (C=O) groups is 2. The summed E-state index contributed by atoms with van der Waals surface area (Å²) in [5.74, 6) is 1.43. The maximum atomic E-state index is 12.6. The lowest BCUT2D eigenvalue weighted by molar-refractivity contribution is -0.105. The van der Waals surface area contributed by atoms with Crippen molar-refractivity contribution in [3.8, 4) is 11.5 Å². The summed E-state index contributed by atoms with van der Waals surface area (Å²) in [6, 6.07) is 16.3. The van der Waals surface area contributed by atoms with Gasteiger partial charge in [-0.05, 0) is 54.9 Å². The zero-order chi connectivity index (χ0) is 21.6. The summed E-state index contributed by atoms with van der Waals surface area (Å²) in [7, 11) is 0. The van der Waals surface area contributed by atoms with Crippen LogP contribution in [0.2, 0.25) is 0 Å². The lowest BCUT2D eigenvalue weighted by Gasteiger charge is -2.25. The third kappa shape index (κ3) is 5.04. The Hall–Kier alpha value is -3.36. The van der Waals surface area contributed by atoms with Gasteiger partial charge in [-0.15, -0.1) is 11.3 Å². The highest BCUT2D eigenvalue weighted by atomic mass is 32.1. The van der Waals surface area contributed by atoms with Gasteiger partial charge in [0, 0.05) is 23.7 Å². The number of likely N-dealkylation sites (N-methyl/N-ethyl adjacent to an activating group) is 1. The van der Waals surface area contributed by atoms with Gasteiger partial charge in [-0.2, -0.15) is 0 Å². The minimum absolute atomic E-state index is 0.364. The third-order valence-electron chi connectivity index (χ3n) is 5.10. The predicted octanol–water partition coefficient (Wildman–Crippen LogP) is 5.13. The number of fused-ring (bicyclic) bond motifs is 1. The number of nitrogens with one attached hydrogen (secondary N) is 3. The number of ether oxygens (including phenoxy) is 1. The highest BCUT2D eigenvalue weighted by Gasteiger charge is 2.24. The average molecular weight is 437 g/mol. The summed E-state index contributed by atoms with van der Waals surface area (Å²) in [6.07, 6.45) is 1.51. The molecule has 0 atom stereocenters. The van der Waals surface area contributed by atoms with E-state index in [9.17, 15) is 9.59 Å². The number of hydrogen-bond donors (Lipinski definition) is 3. The first-order chi connectivity index (χ1) is 15.2. The second-order valence-corrected chi connectivity index (χ2v) is 8.21. The fourth-order valence-electron chi connectivity index (χ4n) is 3.52. The molecule has 0 radical (unpaired) electrons. The van der Waals surface area contributed by atoms with Crippen LogP contribution in [0.3, 0.4) is 0 Å². The number of para-hydroxylation sites is 1. The maximum Gasteiger partial charge on any atom is 0.324 e. The summed E-state index contributed by atoms with van der Waals surface area (Å²) < 4.78 is 5.77. The molecule has 3 amide bonds. The third-order valence-corrected chi connectivity index (χ3v) is 6.24. The molecule has 1 aliphatic heterocycles. The van der Waals surface area contributed by atoms with Gasteiger partial charge < -0.3 is 15.4 Å². The number of urea groups is 1. The van der Waals surface area contributed by atoms with E-state index in [0.29, 0.717) is 28.5 Å². The molecule has 3 N–H and O–H groups in total. The van der Waals surface area contributed by atoms with E-state index in [4.69, 9.17) is 4.74 Å². The first kappa shape index (κ1) is 20.9. The van der Waals surface area contributed by atoms with E-state index in [0.717, 1.165) is 37.4 Å². The standard InChI is InChI=1S/C23H24N4O3S/c1-2-27-13-12-19-20(14-27)31-22(21(19)24-15-28)26-23(29)25-16-8-10-18(11-9-16)30-17-6-4-3-5-7-17/h3-11,15H,2,12-14H2,1H3,(H,24,28)(H2,25,26,29). The van der Waals surface area contributed by atoms with E-state index in [1.165, 1.54) is 16.2 Å². The van der Waals surface area contributed by atoms with E-state index >= 15 is 0 Å². The Balaban J connectivity index is 1.41. The fourth-order valence-corrected chi connectivity index (χ4v) is 4.77. The van der Waals surface area contributed by atoms with Gasteiger partial charge in [-0.25, -0.2) is 4.79 Å². The minimum Gasteiger partial charge on any atom is -0.457 e. The van der Waals surface area contributed by atoms with Gasteiger partial charge >= 0.3 is 6.03 Å². The van der Waals surface area contributed by atoms with Gasteiger partial charge in [0.1, 0.15) is 16.5 Å². The summed E-state index contributed by atoms with van der Waals surface area (Å²) in [6.45, 7) is 4.87. The summed E-state index contributed by atoms with van der Waals surface area (Å²) in [4.78, 5) is 27.2. The highest BCUT2D eigenvalue weighted by molar-refractivity contribution is 7.17. The first-order valence-corrected chi connectivity index (χ1v) is 11.0. The number of nitrogens with zero attached hydrogens (tertiary/aromatic N) is 1. The molecule has 3 aromatic rings. The number of rotatable bonds is 7. The molecule has 2 heterocycles. The van der Waals surface area contributed by atoms with Crippen molar-refractivity contribution in [3.63, 3.8) is 0 Å². The molecule has 0 fully saturated rings. The lowest BCUT2D eigenvalue weighted by Crippen LogP contribution is -2.29. The lowest BCUT2D eigenvalue weighted by atomic mass is 10.1. The minimum atomic E-state index is -0.364. The second-order valence-electron chi connectivity index (χ2n) is 7.11. The van der Waals surface area contributed by atoms with Gasteiger partial charge in [0.15, 0.2) is 0 Å². The summed E-state index contributed by atoms with van der Waals surface area (Å²) in [5, 5.41) is 9.13. The summed E-state index contributed by atoms with van der Waals surface area (Å²) in [5.41, 5.74) is 2.45. The van der Waals surface area contributed by atoms with Crippen LogP contribution in [-0.4, -0.2) is 30.4 Å². The van der Waals surface area contributed by atoms with Crippen LogP contribution in [0.25, 0.3) is 0 Å². The van der Waals surface area contributed by atoms with Crippen molar-refractivity contribution in [2.24, 2.45) is 0 Å². The highest BCUT2D eigenvalue weighted by Crippen LogP contribution is 2.41. The summed E-state index contributed by atoms with van der Waals surface area (Å²) >= 11 is 1.51. The van der Waals surface area contributed by atoms with E-state index in [2.05, 4.69) is 27.8 Å². The molecule has 2 aromatic carbocycles. The van der Waals surface area contributed by atoms with Crippen LogP contribution in [0.5, 0.6) is 11.5 Å². The van der Waals surface area contributed by atoms with E-state index < -0.39 is 0 Å². The Morgan fingerprint density at radius 2 is 1.84 bits per heavy atom. The Morgan fingerprint density at radius 3 is 2.55 bits per heavy atom. The molecule has 160 valence electrons. The number of thiophene rings is 1. The monoisotopic (exact) mass is 436 g/mol. The van der Waals surface area contributed by atoms with Gasteiger partial charge in [0.05, 0.1) is 5.69 Å². The number of hydrogen-bond acceptors (Lipinski definition) is 5. The molecular formula is C23H24N4O3S. The molecule has 7 nitrogen and oxygen atoms in total. The van der Waals surface area contributed by atoms with E-state index in [1.807, 2.05) is 30.3 Å². The van der Waals surface area contributed by atoms with Crippen LogP contribution in [-0.2, 0) is 17.8 Å². The van der Waals surface area contributed by atoms with E-state index in [-0.39, 0.29) is 6.03 Å². The van der Waals surface area contributed by atoms with Crippen molar-refractivity contribution in [1.29, 1.82) is 0 Å². The molecule has 0 bridgehead atoms. The van der Waals surface area contributed by atoms with Gasteiger partial charge in [-0.1, -0.05) is 25.1 Å². The van der Waals surface area contributed by atoms with Crippen molar-refractivity contribution in [2.75, 3.05) is 29.0 Å². The number of carbonyl (C=O) groups excluding carboxylic acids is 2. The van der Waals surface area contributed by atoms with Gasteiger partial charge in [0.2, 0.25) is 6.41 Å². The molecule has 1 aromatic heterocycles. The average Bonchev–Trinajstić information content (AvgIpc) is 3.12. The topological polar surface area (TPSA) is 82.7 Å². The molecule has 0 unspecified atom stereocenters. The molecule has 0 saturated carbocycles. The Morgan fingerprint density at radius 1 is 1.10 bits per heavy atom. The molecule has 8 heteroatoms. The quantitative estimate of drug-likeness (QED) is 0.449. The SMILES string of the molecule is CCN1CCc2c(sc(NC(=O)Nc3ccc(Oc4ccccc4)cc3)c2NC=O)C1. The maximum absolute atomic E-state index is 12.6. The number of amides is 3. The molecule has 0 aliphatic carbocycles. The zero-order valence-corrected chi connectivity index (χ0v) is 18.0. The predicted molar refractivity (Wildman–Crippen MR) is 124 cm³/mol. The number of anilines is 3. The van der Waals surface area contributed by atoms with Crippen LogP contribution in [0.4, 0.5) is 21.2 Å². The van der Waals surface area contributed by atoms with Crippen molar-refractivity contribution in [2.45, 2.75) is 19.9 Å².